The summed E-state index contributed by atoms with van der Waals surface area (Å²) in [5.74, 6) is 0.725. The van der Waals surface area contributed by atoms with Gasteiger partial charge >= 0.3 is 0 Å². The minimum atomic E-state index is -0.0508. The molecule has 178 valence electrons. The first-order valence-corrected chi connectivity index (χ1v) is 12.1. The van der Waals surface area contributed by atoms with Crippen molar-refractivity contribution in [3.63, 3.8) is 0 Å². The Hall–Kier alpha value is -4.58. The van der Waals surface area contributed by atoms with Gasteiger partial charge in [-0.15, -0.1) is 0 Å². The van der Waals surface area contributed by atoms with E-state index in [1.54, 1.807) is 7.11 Å². The molecule has 0 amide bonds. The molecule has 4 N–H and O–H groups in total. The van der Waals surface area contributed by atoms with Gasteiger partial charge in [-0.1, -0.05) is 36.4 Å². The van der Waals surface area contributed by atoms with Crippen molar-refractivity contribution in [2.45, 2.75) is 19.4 Å². The van der Waals surface area contributed by atoms with Gasteiger partial charge in [0, 0.05) is 46.4 Å². The van der Waals surface area contributed by atoms with E-state index in [-0.39, 0.29) is 11.8 Å². The van der Waals surface area contributed by atoms with Gasteiger partial charge in [0.05, 0.1) is 23.8 Å². The Labute approximate surface area is 207 Å². The summed E-state index contributed by atoms with van der Waals surface area (Å²) in [4.78, 5) is 6.12. The highest BCUT2D eigenvalue weighted by Crippen LogP contribution is 2.49. The number of H-pyrrole nitrogens is 2. The van der Waals surface area contributed by atoms with E-state index in [9.17, 15) is 10.2 Å². The second-order valence-corrected chi connectivity index (χ2v) is 9.42. The largest absolute Gasteiger partial charge is 0.497 e. The first-order valence-electron chi connectivity index (χ1n) is 12.1. The lowest BCUT2D eigenvalue weighted by atomic mass is 9.95. The van der Waals surface area contributed by atoms with Crippen molar-refractivity contribution >= 4 is 21.8 Å². The third-order valence-corrected chi connectivity index (χ3v) is 7.43. The molecule has 6 heteroatoms. The van der Waals surface area contributed by atoms with Crippen LogP contribution in [0.5, 0.6) is 17.5 Å². The number of ether oxygens (including phenoxy) is 1. The van der Waals surface area contributed by atoms with E-state index in [0.717, 1.165) is 63.7 Å². The highest BCUT2D eigenvalue weighted by Gasteiger charge is 2.26. The number of nitrogens with zero attached hydrogens (tertiary/aromatic N) is 1. The normalized spacial score (nSPS) is 13.0. The molecule has 0 aliphatic carbocycles. The number of aromatic amines is 2. The van der Waals surface area contributed by atoms with Crippen LogP contribution in [0.25, 0.3) is 55.2 Å². The standard InChI is InChI=1S/C30H25N3O3/c1-36-20-10-7-17(8-11-20)19-9-12-25-22(14-19)23(15-31-25)26-27(30(35)32-29(26)34)24-16-33-13-3-5-18-4-2-6-21(24)28(18)33/h2,4,6-12,14-16,31-32,34-35H,3,5,13H2,1H3. The van der Waals surface area contributed by atoms with Crippen molar-refractivity contribution in [2.24, 2.45) is 0 Å². The smallest absolute Gasteiger partial charge is 0.200 e. The van der Waals surface area contributed by atoms with Gasteiger partial charge in [0.25, 0.3) is 0 Å². The van der Waals surface area contributed by atoms with Crippen LogP contribution >= 0.6 is 0 Å². The Bertz CT molecular complexity index is 1770. The maximum absolute atomic E-state index is 11.0. The van der Waals surface area contributed by atoms with Crippen LogP contribution in [0.15, 0.2) is 73.1 Å². The number of fused-ring (bicyclic) bond motifs is 1. The molecule has 1 aliphatic heterocycles. The molecule has 0 radical (unpaired) electrons. The maximum atomic E-state index is 11.0. The second kappa shape index (κ2) is 7.71. The van der Waals surface area contributed by atoms with Crippen LogP contribution in [0.3, 0.4) is 0 Å². The van der Waals surface area contributed by atoms with Gasteiger partial charge in [-0.3, -0.25) is 4.98 Å². The molecule has 0 bridgehead atoms. The summed E-state index contributed by atoms with van der Waals surface area (Å²) >= 11 is 0. The van der Waals surface area contributed by atoms with E-state index in [2.05, 4.69) is 51.1 Å². The van der Waals surface area contributed by atoms with E-state index < -0.39 is 0 Å². The first kappa shape index (κ1) is 20.8. The van der Waals surface area contributed by atoms with Gasteiger partial charge < -0.3 is 24.5 Å². The van der Waals surface area contributed by atoms with Crippen LogP contribution in [-0.4, -0.2) is 31.9 Å². The fraction of sp³-hybridized carbons (Fsp3) is 0.133. The number of aryl methyl sites for hydroxylation is 2. The molecule has 36 heavy (non-hydrogen) atoms. The van der Waals surface area contributed by atoms with Crippen LogP contribution in [0, 0.1) is 0 Å². The van der Waals surface area contributed by atoms with Gasteiger partial charge in [-0.05, 0) is 53.8 Å². The first-order chi connectivity index (χ1) is 17.6. The van der Waals surface area contributed by atoms with Crippen molar-refractivity contribution in [1.82, 2.24) is 14.5 Å². The third-order valence-electron chi connectivity index (χ3n) is 7.43. The van der Waals surface area contributed by atoms with Crippen molar-refractivity contribution < 1.29 is 14.9 Å². The van der Waals surface area contributed by atoms with Gasteiger partial charge in [-0.25, -0.2) is 0 Å². The summed E-state index contributed by atoms with van der Waals surface area (Å²) < 4.78 is 7.57. The van der Waals surface area contributed by atoms with E-state index >= 15 is 0 Å². The molecule has 4 heterocycles. The number of aromatic hydroxyl groups is 2. The Kier molecular flexibility index (Phi) is 4.45. The Morgan fingerprint density at radius 1 is 0.861 bits per heavy atom. The van der Waals surface area contributed by atoms with E-state index in [1.165, 1.54) is 11.1 Å². The molecular weight excluding hydrogens is 450 g/mol. The predicted molar refractivity (Wildman–Crippen MR) is 143 cm³/mol. The zero-order valence-corrected chi connectivity index (χ0v) is 19.8. The number of methoxy groups -OCH3 is 1. The highest BCUT2D eigenvalue weighted by atomic mass is 16.5. The zero-order valence-electron chi connectivity index (χ0n) is 19.8. The fourth-order valence-electron chi connectivity index (χ4n) is 5.74. The maximum Gasteiger partial charge on any atom is 0.200 e. The molecule has 0 saturated heterocycles. The summed E-state index contributed by atoms with van der Waals surface area (Å²) in [6.45, 7) is 0.943. The Morgan fingerprint density at radius 3 is 2.44 bits per heavy atom. The predicted octanol–water partition coefficient (Wildman–Crippen LogP) is 6.82. The van der Waals surface area contributed by atoms with Crippen LogP contribution < -0.4 is 4.74 Å². The van der Waals surface area contributed by atoms with Gasteiger partial charge in [0.2, 0.25) is 0 Å². The number of benzene rings is 3. The summed E-state index contributed by atoms with van der Waals surface area (Å²) in [5, 5.41) is 24.0. The van der Waals surface area contributed by atoms with Gasteiger partial charge in [0.15, 0.2) is 11.8 Å². The molecule has 3 aromatic carbocycles. The lowest BCUT2D eigenvalue weighted by Gasteiger charge is -2.14. The molecule has 0 unspecified atom stereocenters. The Balaban J connectivity index is 1.44. The van der Waals surface area contributed by atoms with Crippen LogP contribution in [0.4, 0.5) is 0 Å². The molecule has 0 spiro atoms. The molecule has 6 nitrogen and oxygen atoms in total. The van der Waals surface area contributed by atoms with Crippen LogP contribution in [0.1, 0.15) is 12.0 Å². The molecule has 0 atom stereocenters. The molecule has 0 saturated carbocycles. The topological polar surface area (TPSA) is 86.2 Å². The number of aromatic nitrogens is 3. The van der Waals surface area contributed by atoms with E-state index in [4.69, 9.17) is 4.74 Å². The lowest BCUT2D eigenvalue weighted by molar-refractivity contribution is 0.415. The quantitative estimate of drug-likeness (QED) is 0.226. The molecule has 1 aliphatic rings. The fourth-order valence-corrected chi connectivity index (χ4v) is 5.74. The SMILES string of the molecule is COc1ccc(-c2ccc3[nH]cc(-c4c(O)[nH]c(O)c4-c4cn5c6c(cccc46)CCC5)c3c2)cc1. The zero-order chi connectivity index (χ0) is 24.4. The van der Waals surface area contributed by atoms with Crippen molar-refractivity contribution in [3.05, 3.63) is 78.6 Å². The average molecular weight is 476 g/mol. The van der Waals surface area contributed by atoms with Gasteiger partial charge in [0.1, 0.15) is 5.75 Å². The summed E-state index contributed by atoms with van der Waals surface area (Å²) in [5.41, 5.74) is 8.57. The monoisotopic (exact) mass is 475 g/mol. The molecule has 3 aromatic heterocycles. The summed E-state index contributed by atoms with van der Waals surface area (Å²) in [7, 11) is 1.66. The number of rotatable bonds is 4. The second-order valence-electron chi connectivity index (χ2n) is 9.42. The Morgan fingerprint density at radius 2 is 1.64 bits per heavy atom. The summed E-state index contributed by atoms with van der Waals surface area (Å²) in [6.07, 6.45) is 6.15. The number of hydrogen-bond acceptors (Lipinski definition) is 3. The lowest BCUT2D eigenvalue weighted by Crippen LogP contribution is -2.05. The minimum Gasteiger partial charge on any atom is -0.497 e. The van der Waals surface area contributed by atoms with Gasteiger partial charge in [-0.2, -0.15) is 0 Å². The third kappa shape index (κ3) is 2.97. The molecule has 6 aromatic rings. The minimum absolute atomic E-state index is 0.0353. The number of nitrogens with one attached hydrogen (secondary N) is 2. The van der Waals surface area contributed by atoms with E-state index in [1.807, 2.05) is 36.5 Å². The van der Waals surface area contributed by atoms with Crippen molar-refractivity contribution in [2.75, 3.05) is 7.11 Å². The summed E-state index contributed by atoms with van der Waals surface area (Å²) in [6, 6.07) is 20.5. The number of hydrogen-bond donors (Lipinski definition) is 4. The van der Waals surface area contributed by atoms with Crippen molar-refractivity contribution in [3.8, 4) is 50.9 Å². The van der Waals surface area contributed by atoms with Crippen LogP contribution in [-0.2, 0) is 13.0 Å². The molecular formula is C30H25N3O3. The molecule has 0 fully saturated rings. The van der Waals surface area contributed by atoms with Crippen molar-refractivity contribution in [1.29, 1.82) is 0 Å². The molecule has 7 rings (SSSR count). The van der Waals surface area contributed by atoms with Crippen LogP contribution in [0.2, 0.25) is 0 Å². The average Bonchev–Trinajstić information content (AvgIpc) is 3.57. The number of para-hydroxylation sites is 1. The highest BCUT2D eigenvalue weighted by molar-refractivity contribution is 6.08. The van der Waals surface area contributed by atoms with E-state index in [0.29, 0.717) is 11.1 Å².